The maximum absolute atomic E-state index is 5.32. The molecule has 2 rings (SSSR count). The molecule has 19 heavy (non-hydrogen) atoms. The molecule has 1 N–H and O–H groups in total. The molecule has 0 unspecified atom stereocenters. The first-order valence-corrected chi connectivity index (χ1v) is 6.53. The van der Waals surface area contributed by atoms with Gasteiger partial charge in [-0.05, 0) is 23.6 Å². The van der Waals surface area contributed by atoms with Crippen molar-refractivity contribution < 1.29 is 9.47 Å². The highest BCUT2D eigenvalue weighted by molar-refractivity contribution is 9.11. The summed E-state index contributed by atoms with van der Waals surface area (Å²) in [6.07, 6.45) is 1.76. The third-order valence-corrected chi connectivity index (χ3v) is 3.00. The van der Waals surface area contributed by atoms with Gasteiger partial charge >= 0.3 is 0 Å². The van der Waals surface area contributed by atoms with E-state index in [0.29, 0.717) is 18.0 Å². The van der Waals surface area contributed by atoms with E-state index in [1.54, 1.807) is 20.4 Å². The minimum Gasteiger partial charge on any atom is -0.493 e. The van der Waals surface area contributed by atoms with Crippen LogP contribution >= 0.6 is 15.9 Å². The van der Waals surface area contributed by atoms with Crippen LogP contribution in [-0.4, -0.2) is 25.7 Å². The highest BCUT2D eigenvalue weighted by atomic mass is 79.9. The number of hydrogen-bond donors (Lipinski definition) is 1. The monoisotopic (exact) mass is 322 g/mol. The van der Waals surface area contributed by atoms with Crippen molar-refractivity contribution in [1.82, 2.24) is 4.98 Å². The molecular weight excluding hydrogens is 308 g/mol. The summed E-state index contributed by atoms with van der Waals surface area (Å²) in [6, 6.07) is 5.79. The summed E-state index contributed by atoms with van der Waals surface area (Å²) in [4.78, 5) is 4.34. The lowest BCUT2D eigenvalue weighted by molar-refractivity contribution is 0.356. The molecule has 0 atom stereocenters. The zero-order chi connectivity index (χ0) is 13.8. The fraction of sp³-hybridized carbons (Fsp3) is 0.214. The predicted molar refractivity (Wildman–Crippen MR) is 81.4 cm³/mol. The second-order valence-corrected chi connectivity index (χ2v) is 5.08. The molecule has 0 aliphatic rings. The van der Waals surface area contributed by atoms with Crippen LogP contribution < -0.4 is 14.8 Å². The second-order valence-electron chi connectivity index (χ2n) is 3.96. The van der Waals surface area contributed by atoms with Crippen LogP contribution in [0.15, 0.2) is 35.5 Å². The van der Waals surface area contributed by atoms with Gasteiger partial charge in [-0.2, -0.15) is 0 Å². The van der Waals surface area contributed by atoms with Gasteiger partial charge in [-0.3, -0.25) is 0 Å². The van der Waals surface area contributed by atoms with Gasteiger partial charge in [-0.1, -0.05) is 22.5 Å². The molecule has 0 amide bonds. The fourth-order valence-electron chi connectivity index (χ4n) is 1.82. The van der Waals surface area contributed by atoms with Crippen molar-refractivity contribution in [2.24, 2.45) is 0 Å². The van der Waals surface area contributed by atoms with Crippen molar-refractivity contribution in [2.45, 2.75) is 0 Å². The van der Waals surface area contributed by atoms with Gasteiger partial charge < -0.3 is 14.8 Å². The van der Waals surface area contributed by atoms with E-state index in [1.165, 1.54) is 0 Å². The summed E-state index contributed by atoms with van der Waals surface area (Å²) >= 11 is 3.32. The molecule has 0 bridgehead atoms. The molecule has 4 nitrogen and oxygen atoms in total. The van der Waals surface area contributed by atoms with Crippen molar-refractivity contribution in [3.8, 4) is 11.5 Å². The second kappa shape index (κ2) is 5.93. The molecule has 0 aliphatic carbocycles. The Hall–Kier alpha value is -1.75. The Morgan fingerprint density at radius 1 is 1.32 bits per heavy atom. The molecule has 0 saturated carbocycles. The van der Waals surface area contributed by atoms with Crippen LogP contribution in [0, 0.1) is 0 Å². The van der Waals surface area contributed by atoms with E-state index in [0.717, 1.165) is 21.1 Å². The number of hydrogen-bond acceptors (Lipinski definition) is 4. The minimum absolute atomic E-state index is 0.612. The number of methoxy groups -OCH3 is 2. The normalized spacial score (nSPS) is 10.3. The van der Waals surface area contributed by atoms with Crippen molar-refractivity contribution in [3.63, 3.8) is 0 Å². The molecule has 1 heterocycles. The SMILES string of the molecule is C=C(Br)CNc1nccc2cc(OC)c(OC)cc12. The average Bonchev–Trinajstić information content (AvgIpc) is 2.43. The van der Waals surface area contributed by atoms with E-state index in [9.17, 15) is 0 Å². The van der Waals surface area contributed by atoms with Gasteiger partial charge in [0.05, 0.1) is 14.2 Å². The maximum atomic E-state index is 5.32. The summed E-state index contributed by atoms with van der Waals surface area (Å²) in [6.45, 7) is 4.40. The largest absolute Gasteiger partial charge is 0.493 e. The van der Waals surface area contributed by atoms with Gasteiger partial charge in [0.1, 0.15) is 5.82 Å². The summed E-state index contributed by atoms with van der Waals surface area (Å²) in [5.41, 5.74) is 0. The first-order chi connectivity index (χ1) is 9.15. The molecular formula is C14H15BrN2O2. The van der Waals surface area contributed by atoms with Crippen LogP contribution in [0.3, 0.4) is 0 Å². The molecule has 1 aromatic carbocycles. The molecule has 2 aromatic rings. The Balaban J connectivity index is 2.51. The molecule has 0 aliphatic heterocycles. The predicted octanol–water partition coefficient (Wildman–Crippen LogP) is 3.57. The number of rotatable bonds is 5. The number of halogens is 1. The summed E-state index contributed by atoms with van der Waals surface area (Å²) in [7, 11) is 3.24. The van der Waals surface area contributed by atoms with Gasteiger partial charge in [0.15, 0.2) is 11.5 Å². The van der Waals surface area contributed by atoms with E-state index < -0.39 is 0 Å². The van der Waals surface area contributed by atoms with Crippen LogP contribution in [0.1, 0.15) is 0 Å². The Morgan fingerprint density at radius 3 is 2.63 bits per heavy atom. The number of benzene rings is 1. The summed E-state index contributed by atoms with van der Waals surface area (Å²) in [5, 5.41) is 5.24. The van der Waals surface area contributed by atoms with Crippen LogP contribution in [0.4, 0.5) is 5.82 Å². The summed E-state index contributed by atoms with van der Waals surface area (Å²) < 4.78 is 11.5. The lowest BCUT2D eigenvalue weighted by Gasteiger charge is -2.12. The number of nitrogens with one attached hydrogen (secondary N) is 1. The topological polar surface area (TPSA) is 43.4 Å². The Morgan fingerprint density at radius 2 is 2.00 bits per heavy atom. The Labute approximate surface area is 120 Å². The lowest BCUT2D eigenvalue weighted by atomic mass is 10.1. The molecule has 0 fully saturated rings. The molecule has 5 heteroatoms. The first kappa shape index (κ1) is 13.7. The minimum atomic E-state index is 0.612. The lowest BCUT2D eigenvalue weighted by Crippen LogP contribution is -2.03. The van der Waals surface area contributed by atoms with Crippen LogP contribution in [0.25, 0.3) is 10.8 Å². The highest BCUT2D eigenvalue weighted by Crippen LogP contribution is 2.34. The number of fused-ring (bicyclic) bond motifs is 1. The number of aromatic nitrogens is 1. The van der Waals surface area contributed by atoms with Gasteiger partial charge in [-0.25, -0.2) is 4.98 Å². The van der Waals surface area contributed by atoms with Gasteiger partial charge in [0.2, 0.25) is 0 Å². The van der Waals surface area contributed by atoms with Crippen LogP contribution in [0.5, 0.6) is 11.5 Å². The summed E-state index contributed by atoms with van der Waals surface area (Å²) in [5.74, 6) is 2.18. The number of ether oxygens (including phenoxy) is 2. The zero-order valence-electron chi connectivity index (χ0n) is 10.9. The van der Waals surface area contributed by atoms with Crippen LogP contribution in [0.2, 0.25) is 0 Å². The fourth-order valence-corrected chi connectivity index (χ4v) is 1.96. The Kier molecular flexibility index (Phi) is 4.27. The average molecular weight is 323 g/mol. The smallest absolute Gasteiger partial charge is 0.161 e. The quantitative estimate of drug-likeness (QED) is 0.913. The maximum Gasteiger partial charge on any atom is 0.161 e. The number of nitrogens with zero attached hydrogens (tertiary/aromatic N) is 1. The van der Waals surface area contributed by atoms with E-state index in [-0.39, 0.29) is 0 Å². The van der Waals surface area contributed by atoms with Crippen molar-refractivity contribution in [2.75, 3.05) is 26.1 Å². The van der Waals surface area contributed by atoms with Crippen molar-refractivity contribution >= 4 is 32.5 Å². The van der Waals surface area contributed by atoms with Crippen molar-refractivity contribution in [1.29, 1.82) is 0 Å². The third-order valence-electron chi connectivity index (χ3n) is 2.72. The van der Waals surface area contributed by atoms with E-state index in [4.69, 9.17) is 9.47 Å². The standard InChI is InChI=1S/C14H15BrN2O2/c1-9(15)8-17-14-11-7-13(19-3)12(18-2)6-10(11)4-5-16-14/h4-7H,1,8H2,2-3H3,(H,16,17). The van der Waals surface area contributed by atoms with Crippen molar-refractivity contribution in [3.05, 3.63) is 35.5 Å². The molecule has 0 saturated heterocycles. The molecule has 100 valence electrons. The number of anilines is 1. The Bertz CT molecular complexity index is 614. The van der Waals surface area contributed by atoms with Gasteiger partial charge in [0, 0.05) is 22.6 Å². The highest BCUT2D eigenvalue weighted by Gasteiger charge is 2.09. The first-order valence-electron chi connectivity index (χ1n) is 5.73. The third kappa shape index (κ3) is 2.98. The number of pyridine rings is 1. The molecule has 0 spiro atoms. The van der Waals surface area contributed by atoms with E-state index in [1.807, 2.05) is 18.2 Å². The molecule has 0 radical (unpaired) electrons. The van der Waals surface area contributed by atoms with E-state index >= 15 is 0 Å². The van der Waals surface area contributed by atoms with Crippen LogP contribution in [-0.2, 0) is 0 Å². The zero-order valence-corrected chi connectivity index (χ0v) is 12.5. The van der Waals surface area contributed by atoms with Gasteiger partial charge in [0.25, 0.3) is 0 Å². The van der Waals surface area contributed by atoms with Gasteiger partial charge in [-0.15, -0.1) is 0 Å². The molecule has 1 aromatic heterocycles. The van der Waals surface area contributed by atoms with E-state index in [2.05, 4.69) is 32.8 Å².